The minimum absolute atomic E-state index is 0.0262. The number of carboxylic acids is 1. The summed E-state index contributed by atoms with van der Waals surface area (Å²) in [6.45, 7) is -0.341. The highest BCUT2D eigenvalue weighted by Crippen LogP contribution is 2.41. The molecule has 0 radical (unpaired) electrons. The molecule has 0 aliphatic rings. The highest BCUT2D eigenvalue weighted by atomic mass is 32.1. The number of carbonyl (C=O) groups is 1. The Morgan fingerprint density at radius 2 is 1.04 bits per heavy atom. The van der Waals surface area contributed by atoms with Crippen LogP contribution in [0.1, 0.15) is 61.7 Å². The average Bonchev–Trinajstić information content (AvgIpc) is 3.85. The van der Waals surface area contributed by atoms with Gasteiger partial charge in [-0.2, -0.15) is 4.73 Å². The number of nitrogens with one attached hydrogen (secondary N) is 1. The molecule has 0 saturated heterocycles. The molecule has 0 spiro atoms. The van der Waals surface area contributed by atoms with Crippen LogP contribution in [-0.4, -0.2) is 26.5 Å². The highest BCUT2D eigenvalue weighted by Gasteiger charge is 2.37. The number of oxime groups is 1. The number of anilines is 1. The SMILES string of the molecule is O=C(O)/C(=N\OCc1cc(=O)c(OC(c2ccccc2)c2ccccc2)cn1OC(c1ccccc1)c1ccccc1)c1cnc(NC(c2ccccc2)(c2ccccc2)c2ccccc2)s1. The molecule has 2 heterocycles. The smallest absolute Gasteiger partial charge is 0.359 e. The summed E-state index contributed by atoms with van der Waals surface area (Å²) < 4.78 is 8.03. The van der Waals surface area contributed by atoms with Gasteiger partial charge in [-0.3, -0.25) is 4.79 Å². The lowest BCUT2D eigenvalue weighted by Gasteiger charge is -2.36. The van der Waals surface area contributed by atoms with Crippen LogP contribution in [0, 0.1) is 0 Å². The van der Waals surface area contributed by atoms with Gasteiger partial charge in [0.1, 0.15) is 17.3 Å². The van der Waals surface area contributed by atoms with Gasteiger partial charge in [0.25, 0.3) is 0 Å². The van der Waals surface area contributed by atoms with Gasteiger partial charge in [-0.15, -0.1) is 0 Å². The van der Waals surface area contributed by atoms with Crippen molar-refractivity contribution in [3.63, 3.8) is 0 Å². The van der Waals surface area contributed by atoms with E-state index in [1.807, 2.05) is 212 Å². The van der Waals surface area contributed by atoms with E-state index in [0.717, 1.165) is 50.3 Å². The molecule has 2 aromatic heterocycles. The Bertz CT molecular complexity index is 2930. The van der Waals surface area contributed by atoms with Crippen LogP contribution in [0.3, 0.4) is 0 Å². The molecule has 9 rings (SSSR count). The lowest BCUT2D eigenvalue weighted by Crippen LogP contribution is -2.38. The number of thiazole rings is 1. The molecule has 0 bridgehead atoms. The Balaban J connectivity index is 1.06. The van der Waals surface area contributed by atoms with E-state index in [1.54, 1.807) is 0 Å². The van der Waals surface area contributed by atoms with Crippen molar-refractivity contribution in [1.82, 2.24) is 9.71 Å². The molecule has 330 valence electrons. The Labute approximate surface area is 391 Å². The van der Waals surface area contributed by atoms with E-state index in [2.05, 4.69) is 15.5 Å². The summed E-state index contributed by atoms with van der Waals surface area (Å²) in [6.07, 6.45) is 1.71. The van der Waals surface area contributed by atoms with Crippen molar-refractivity contribution in [2.24, 2.45) is 5.16 Å². The fourth-order valence-corrected chi connectivity index (χ4v) is 8.81. The van der Waals surface area contributed by atoms with E-state index in [0.29, 0.717) is 5.13 Å². The van der Waals surface area contributed by atoms with E-state index >= 15 is 0 Å². The first-order chi connectivity index (χ1) is 33.0. The number of hydrogen-bond donors (Lipinski definition) is 2. The van der Waals surface area contributed by atoms with Crippen molar-refractivity contribution in [2.75, 3.05) is 5.32 Å². The molecule has 0 aliphatic carbocycles. The van der Waals surface area contributed by atoms with Crippen LogP contribution >= 0.6 is 11.3 Å². The zero-order valence-electron chi connectivity index (χ0n) is 36.0. The predicted octanol–water partition coefficient (Wildman–Crippen LogP) is 11.1. The second-order valence-electron chi connectivity index (χ2n) is 15.5. The van der Waals surface area contributed by atoms with Crippen LogP contribution in [0.25, 0.3) is 0 Å². The molecule has 9 aromatic rings. The summed E-state index contributed by atoms with van der Waals surface area (Å²) in [5.74, 6) is -1.30. The van der Waals surface area contributed by atoms with Crippen molar-refractivity contribution in [3.8, 4) is 5.75 Å². The maximum absolute atomic E-state index is 14.1. The van der Waals surface area contributed by atoms with Crippen LogP contribution in [0.2, 0.25) is 0 Å². The van der Waals surface area contributed by atoms with Gasteiger partial charge < -0.3 is 24.8 Å². The van der Waals surface area contributed by atoms with Gasteiger partial charge in [0.2, 0.25) is 11.1 Å². The van der Waals surface area contributed by atoms with Crippen LogP contribution < -0.4 is 20.3 Å². The number of ether oxygens (including phenoxy) is 1. The van der Waals surface area contributed by atoms with Crippen molar-refractivity contribution in [3.05, 3.63) is 291 Å². The van der Waals surface area contributed by atoms with E-state index < -0.39 is 29.1 Å². The van der Waals surface area contributed by atoms with E-state index in [4.69, 9.17) is 14.4 Å². The first-order valence-electron chi connectivity index (χ1n) is 21.6. The maximum atomic E-state index is 14.1. The Morgan fingerprint density at radius 3 is 1.48 bits per heavy atom. The van der Waals surface area contributed by atoms with Gasteiger partial charge in [-0.25, -0.2) is 9.78 Å². The first-order valence-corrected chi connectivity index (χ1v) is 22.4. The van der Waals surface area contributed by atoms with Gasteiger partial charge in [0, 0.05) is 6.07 Å². The molecule has 0 unspecified atom stereocenters. The highest BCUT2D eigenvalue weighted by molar-refractivity contribution is 7.18. The number of nitrogens with zero attached hydrogens (tertiary/aromatic N) is 3. The van der Waals surface area contributed by atoms with E-state index in [9.17, 15) is 14.7 Å². The molecular formula is C56H44N4O6S. The summed E-state index contributed by atoms with van der Waals surface area (Å²) in [5, 5.41) is 18.8. The number of pyridine rings is 1. The summed E-state index contributed by atoms with van der Waals surface area (Å²) in [7, 11) is 0. The Morgan fingerprint density at radius 1 is 0.627 bits per heavy atom. The number of rotatable bonds is 18. The van der Waals surface area contributed by atoms with Crippen molar-refractivity contribution < 1.29 is 24.3 Å². The maximum Gasteiger partial charge on any atom is 0.359 e. The lowest BCUT2D eigenvalue weighted by molar-refractivity contribution is -0.129. The minimum atomic E-state index is -1.32. The molecule has 0 aliphatic heterocycles. The van der Waals surface area contributed by atoms with Crippen LogP contribution in [-0.2, 0) is 21.8 Å². The normalized spacial score (nSPS) is 11.6. The van der Waals surface area contributed by atoms with Gasteiger partial charge in [0.05, 0.1) is 17.3 Å². The van der Waals surface area contributed by atoms with Crippen LogP contribution in [0.15, 0.2) is 241 Å². The predicted molar refractivity (Wildman–Crippen MR) is 261 cm³/mol. The fourth-order valence-electron chi connectivity index (χ4n) is 7.96. The summed E-state index contributed by atoms with van der Waals surface area (Å²) in [6, 6.07) is 70.2. The lowest BCUT2D eigenvalue weighted by atomic mass is 9.77. The largest absolute Gasteiger partial charge is 0.476 e. The zero-order chi connectivity index (χ0) is 45.8. The minimum Gasteiger partial charge on any atom is -0.476 e. The third-order valence-corrected chi connectivity index (χ3v) is 12.1. The molecule has 0 amide bonds. The summed E-state index contributed by atoms with van der Waals surface area (Å²) in [5.41, 5.74) is 4.83. The second kappa shape index (κ2) is 20.5. The third-order valence-electron chi connectivity index (χ3n) is 11.2. The van der Waals surface area contributed by atoms with Gasteiger partial charge in [0.15, 0.2) is 23.6 Å². The molecule has 67 heavy (non-hydrogen) atoms. The molecule has 0 atom stereocenters. The summed E-state index contributed by atoms with van der Waals surface area (Å²) >= 11 is 1.13. The van der Waals surface area contributed by atoms with E-state index in [1.165, 1.54) is 23.2 Å². The standard InChI is InChI=1S/C56H44N4O6S/c61-48-36-47(39-64-59-51(54(62)63)50-37-57-55(67-50)58-56(44-30-16-5-17-31-44,45-32-18-6-19-33-45)46-34-20-7-21-35-46)60(66-53(42-26-12-3-13-27-42)43-28-14-4-15-29-43)38-49(48)65-52(40-22-8-1-9-23-40)41-24-10-2-11-25-41/h1-38,52-53H,39H2,(H,57,58)(H,62,63)/b59-51-. The molecule has 7 aromatic carbocycles. The van der Waals surface area contributed by atoms with Crippen molar-refractivity contribution in [1.29, 1.82) is 0 Å². The third kappa shape index (κ3) is 9.92. The zero-order valence-corrected chi connectivity index (χ0v) is 36.9. The number of carboxylic acid groups (broad SMARTS) is 1. The number of hydrogen-bond acceptors (Lipinski definition) is 9. The van der Waals surface area contributed by atoms with E-state index in [-0.39, 0.29) is 28.6 Å². The topological polar surface area (TPSA) is 124 Å². The molecule has 10 nitrogen and oxygen atoms in total. The Hall–Kier alpha value is -8.54. The Kier molecular flexibility index (Phi) is 13.4. The second-order valence-corrected chi connectivity index (χ2v) is 16.5. The molecule has 2 N–H and O–H groups in total. The molecule has 0 saturated carbocycles. The van der Waals surface area contributed by atoms with Crippen LogP contribution in [0.5, 0.6) is 5.75 Å². The molecule has 0 fully saturated rings. The monoisotopic (exact) mass is 900 g/mol. The first kappa shape index (κ1) is 43.7. The average molecular weight is 901 g/mol. The number of benzene rings is 7. The van der Waals surface area contributed by atoms with Crippen LogP contribution in [0.4, 0.5) is 5.13 Å². The number of aromatic nitrogens is 2. The van der Waals surface area contributed by atoms with Gasteiger partial charge in [-0.1, -0.05) is 229 Å². The van der Waals surface area contributed by atoms with Crippen molar-refractivity contribution >= 4 is 28.1 Å². The quantitative estimate of drug-likeness (QED) is 0.0496. The van der Waals surface area contributed by atoms with Gasteiger partial charge >= 0.3 is 5.97 Å². The number of aliphatic carboxylic acids is 1. The molecular weight excluding hydrogens is 857 g/mol. The van der Waals surface area contributed by atoms with Gasteiger partial charge in [-0.05, 0) is 38.9 Å². The fraction of sp³-hybridized carbons (Fsp3) is 0.0714. The van der Waals surface area contributed by atoms with Crippen molar-refractivity contribution in [2.45, 2.75) is 24.4 Å². The molecule has 11 heteroatoms. The summed E-state index contributed by atoms with van der Waals surface area (Å²) in [4.78, 5) is 44.5.